The van der Waals surface area contributed by atoms with Gasteiger partial charge in [-0.3, -0.25) is 0 Å². The number of fused-ring (bicyclic) bond motifs is 1. The van der Waals surface area contributed by atoms with Crippen LogP contribution in [0.3, 0.4) is 0 Å². The molecule has 7 rings (SSSR count). The molecule has 0 aliphatic carbocycles. The minimum absolute atomic E-state index is 0.699. The summed E-state index contributed by atoms with van der Waals surface area (Å²) < 4.78 is 7.83. The molecule has 6 aromatic rings. The maximum Gasteiger partial charge on any atom is 0.138 e. The van der Waals surface area contributed by atoms with Crippen LogP contribution in [0.1, 0.15) is 22.3 Å². The molecule has 202 valence electrons. The molecule has 4 aromatic carbocycles. The molecule has 0 atom stereocenters. The maximum atomic E-state index is 5.59. The maximum absolute atomic E-state index is 5.59. The molecule has 0 spiro atoms. The van der Waals surface area contributed by atoms with Gasteiger partial charge in [-0.05, 0) is 47.9 Å². The van der Waals surface area contributed by atoms with Crippen LogP contribution in [-0.2, 0) is 10.3 Å². The van der Waals surface area contributed by atoms with Gasteiger partial charge in [0.25, 0.3) is 0 Å². The van der Waals surface area contributed by atoms with Crippen LogP contribution < -0.4 is 4.90 Å². The van der Waals surface area contributed by atoms with E-state index < -0.39 is 5.54 Å². The number of nitrogens with zero attached hydrogens (tertiary/aromatic N) is 4. The van der Waals surface area contributed by atoms with Crippen LogP contribution in [0.15, 0.2) is 128 Å². The zero-order valence-electron chi connectivity index (χ0n) is 23.1. The Kier molecular flexibility index (Phi) is 6.57. The number of anilines is 1. The van der Waals surface area contributed by atoms with Gasteiger partial charge < -0.3 is 9.64 Å². The molecule has 3 heterocycles. The molecule has 0 bridgehead atoms. The molecular formula is C36H32N4O. The molecule has 0 radical (unpaired) electrons. The second kappa shape index (κ2) is 10.7. The van der Waals surface area contributed by atoms with Gasteiger partial charge in [-0.25, -0.2) is 9.67 Å². The molecular weight excluding hydrogens is 504 g/mol. The first-order valence-corrected chi connectivity index (χ1v) is 14.2. The first-order chi connectivity index (χ1) is 20.2. The van der Waals surface area contributed by atoms with Crippen LogP contribution in [0.4, 0.5) is 5.82 Å². The highest BCUT2D eigenvalue weighted by Gasteiger charge is 2.41. The Morgan fingerprint density at radius 1 is 0.683 bits per heavy atom. The molecule has 0 unspecified atom stereocenters. The first-order valence-electron chi connectivity index (χ1n) is 14.2. The standard InChI is InChI=1S/C36H32N4O/c1-27-17-18-33-32(25-27)35(28-19-20-37-34(26-28)39-21-23-41-24-22-39)38-40(33)36(29-11-5-2-6-12-29,30-13-7-3-8-14-30)31-15-9-4-10-16-31/h2-20,25-26H,21-24H2,1H3. The van der Waals surface area contributed by atoms with Crippen LogP contribution in [0, 0.1) is 6.92 Å². The largest absolute Gasteiger partial charge is 0.378 e. The molecule has 5 heteroatoms. The third-order valence-corrected chi connectivity index (χ3v) is 8.08. The van der Waals surface area contributed by atoms with E-state index in [0.717, 1.165) is 71.0 Å². The molecule has 1 aliphatic heterocycles. The molecule has 0 amide bonds. The SMILES string of the molecule is Cc1ccc2c(c1)c(-c1ccnc(N3CCOCC3)c1)nn2C(c1ccccc1)(c1ccccc1)c1ccccc1. The van der Waals surface area contributed by atoms with Crippen molar-refractivity contribution in [2.75, 3.05) is 31.2 Å². The number of benzene rings is 4. The van der Waals surface area contributed by atoms with Crippen molar-refractivity contribution in [3.63, 3.8) is 0 Å². The Hall–Kier alpha value is -4.74. The molecule has 5 nitrogen and oxygen atoms in total. The summed E-state index contributed by atoms with van der Waals surface area (Å²) in [5, 5.41) is 6.66. The summed E-state index contributed by atoms with van der Waals surface area (Å²) in [6.07, 6.45) is 1.90. The van der Waals surface area contributed by atoms with Crippen molar-refractivity contribution in [1.82, 2.24) is 14.8 Å². The summed E-state index contributed by atoms with van der Waals surface area (Å²) in [5.74, 6) is 0.960. The van der Waals surface area contributed by atoms with E-state index in [9.17, 15) is 0 Å². The van der Waals surface area contributed by atoms with Gasteiger partial charge in [0.05, 0.1) is 18.7 Å². The lowest BCUT2D eigenvalue weighted by molar-refractivity contribution is 0.122. The number of morpholine rings is 1. The van der Waals surface area contributed by atoms with E-state index in [1.54, 1.807) is 0 Å². The summed E-state index contributed by atoms with van der Waals surface area (Å²) in [6, 6.07) is 43.1. The predicted octanol–water partition coefficient (Wildman–Crippen LogP) is 7.08. The first kappa shape index (κ1) is 25.2. The highest BCUT2D eigenvalue weighted by molar-refractivity contribution is 5.94. The van der Waals surface area contributed by atoms with Crippen LogP contribution in [0.25, 0.3) is 22.2 Å². The van der Waals surface area contributed by atoms with Gasteiger partial charge >= 0.3 is 0 Å². The van der Waals surface area contributed by atoms with Gasteiger partial charge in [0.1, 0.15) is 17.1 Å². The van der Waals surface area contributed by atoms with Gasteiger partial charge in [0, 0.05) is 30.2 Å². The number of ether oxygens (including phenoxy) is 1. The normalized spacial score (nSPS) is 13.9. The van der Waals surface area contributed by atoms with Gasteiger partial charge in [0.2, 0.25) is 0 Å². The number of pyridine rings is 1. The van der Waals surface area contributed by atoms with Crippen molar-refractivity contribution in [2.24, 2.45) is 0 Å². The fraction of sp³-hybridized carbons (Fsp3) is 0.167. The van der Waals surface area contributed by atoms with E-state index in [4.69, 9.17) is 14.8 Å². The zero-order chi connectivity index (χ0) is 27.6. The smallest absolute Gasteiger partial charge is 0.138 e. The van der Waals surface area contributed by atoms with E-state index >= 15 is 0 Å². The lowest BCUT2D eigenvalue weighted by Gasteiger charge is -2.37. The summed E-state index contributed by atoms with van der Waals surface area (Å²) >= 11 is 0. The van der Waals surface area contributed by atoms with E-state index in [1.807, 2.05) is 6.20 Å². The number of aromatic nitrogens is 3. The molecule has 0 saturated carbocycles. The van der Waals surface area contributed by atoms with Gasteiger partial charge in [-0.15, -0.1) is 0 Å². The van der Waals surface area contributed by atoms with E-state index in [-0.39, 0.29) is 0 Å². The molecule has 2 aromatic heterocycles. The fourth-order valence-electron chi connectivity index (χ4n) is 6.14. The topological polar surface area (TPSA) is 43.2 Å². The van der Waals surface area contributed by atoms with Crippen molar-refractivity contribution >= 4 is 16.7 Å². The molecule has 41 heavy (non-hydrogen) atoms. The minimum Gasteiger partial charge on any atom is -0.378 e. The van der Waals surface area contributed by atoms with Crippen molar-refractivity contribution in [3.05, 3.63) is 150 Å². The summed E-state index contributed by atoms with van der Waals surface area (Å²) in [7, 11) is 0. The highest BCUT2D eigenvalue weighted by Crippen LogP contribution is 2.44. The number of hydrogen-bond donors (Lipinski definition) is 0. The second-order valence-electron chi connectivity index (χ2n) is 10.6. The quantitative estimate of drug-likeness (QED) is 0.213. The van der Waals surface area contributed by atoms with Crippen molar-refractivity contribution in [2.45, 2.75) is 12.5 Å². The summed E-state index contributed by atoms with van der Waals surface area (Å²) in [6.45, 7) is 5.26. The van der Waals surface area contributed by atoms with Gasteiger partial charge in [0.15, 0.2) is 0 Å². The number of rotatable bonds is 6. The molecule has 1 saturated heterocycles. The lowest BCUT2D eigenvalue weighted by atomic mass is 9.77. The van der Waals surface area contributed by atoms with Crippen molar-refractivity contribution < 1.29 is 4.74 Å². The molecule has 1 fully saturated rings. The number of aryl methyl sites for hydroxylation is 1. The van der Waals surface area contributed by atoms with Crippen LogP contribution >= 0.6 is 0 Å². The number of hydrogen-bond acceptors (Lipinski definition) is 4. The predicted molar refractivity (Wildman–Crippen MR) is 165 cm³/mol. The van der Waals surface area contributed by atoms with Crippen molar-refractivity contribution in [1.29, 1.82) is 0 Å². The Morgan fingerprint density at radius 2 is 1.27 bits per heavy atom. The monoisotopic (exact) mass is 536 g/mol. The fourth-order valence-corrected chi connectivity index (χ4v) is 6.14. The molecule has 0 N–H and O–H groups in total. The van der Waals surface area contributed by atoms with Crippen molar-refractivity contribution in [3.8, 4) is 11.3 Å². The third kappa shape index (κ3) is 4.39. The van der Waals surface area contributed by atoms with Crippen LogP contribution in [0.2, 0.25) is 0 Å². The second-order valence-corrected chi connectivity index (χ2v) is 10.6. The van der Waals surface area contributed by atoms with Crippen LogP contribution in [-0.4, -0.2) is 41.1 Å². The Bertz CT molecular complexity index is 1680. The summed E-state index contributed by atoms with van der Waals surface area (Å²) in [4.78, 5) is 7.01. The Balaban J connectivity index is 1.54. The van der Waals surface area contributed by atoms with E-state index in [1.165, 1.54) is 5.56 Å². The Morgan fingerprint density at radius 3 is 1.85 bits per heavy atom. The minimum atomic E-state index is -0.699. The van der Waals surface area contributed by atoms with E-state index in [0.29, 0.717) is 0 Å². The molecule has 1 aliphatic rings. The third-order valence-electron chi connectivity index (χ3n) is 8.08. The van der Waals surface area contributed by atoms with Gasteiger partial charge in [-0.1, -0.05) is 103 Å². The van der Waals surface area contributed by atoms with E-state index in [2.05, 4.69) is 138 Å². The van der Waals surface area contributed by atoms with Gasteiger partial charge in [-0.2, -0.15) is 5.10 Å². The van der Waals surface area contributed by atoms with Crippen LogP contribution in [0.5, 0.6) is 0 Å². The zero-order valence-corrected chi connectivity index (χ0v) is 23.1. The lowest BCUT2D eigenvalue weighted by Crippen LogP contribution is -2.38. The average Bonchev–Trinajstić information content (AvgIpc) is 3.42. The Labute approximate surface area is 240 Å². The summed E-state index contributed by atoms with van der Waals surface area (Å²) in [5.41, 5.74) is 7.03. The average molecular weight is 537 g/mol. The highest BCUT2D eigenvalue weighted by atomic mass is 16.5.